The molecular weight excluding hydrogens is 158 g/mol. The zero-order valence-corrected chi connectivity index (χ0v) is 8.41. The van der Waals surface area contributed by atoms with Crippen molar-refractivity contribution in [2.24, 2.45) is 0 Å². The second-order valence-corrected chi connectivity index (χ2v) is 3.98. The van der Waals surface area contributed by atoms with Gasteiger partial charge in [-0.3, -0.25) is 4.79 Å². The van der Waals surface area contributed by atoms with E-state index in [4.69, 9.17) is 0 Å². The smallest absolute Gasteiger partial charge is 0.222 e. The molecule has 0 unspecified atom stereocenters. The van der Waals surface area contributed by atoms with Gasteiger partial charge in [0, 0.05) is 20.5 Å². The van der Waals surface area contributed by atoms with Gasteiger partial charge in [-0.2, -0.15) is 11.8 Å². The summed E-state index contributed by atoms with van der Waals surface area (Å²) in [7, 11) is 3.60. The van der Waals surface area contributed by atoms with Gasteiger partial charge in [-0.1, -0.05) is 6.92 Å². The van der Waals surface area contributed by atoms with E-state index in [1.54, 1.807) is 19.0 Å². The molecule has 66 valence electrons. The Morgan fingerprint density at radius 3 is 2.55 bits per heavy atom. The summed E-state index contributed by atoms with van der Waals surface area (Å²) in [6.07, 6.45) is 1.70. The van der Waals surface area contributed by atoms with E-state index in [9.17, 15) is 4.79 Å². The highest BCUT2D eigenvalue weighted by Gasteiger charge is 2.01. The van der Waals surface area contributed by atoms with Crippen molar-refractivity contribution in [3.8, 4) is 0 Å². The molecule has 0 aliphatic heterocycles. The second-order valence-electron chi connectivity index (χ2n) is 2.59. The summed E-state index contributed by atoms with van der Waals surface area (Å²) in [5.41, 5.74) is 0. The molecule has 3 heteroatoms. The van der Waals surface area contributed by atoms with Crippen molar-refractivity contribution in [2.75, 3.05) is 25.6 Å². The van der Waals surface area contributed by atoms with Gasteiger partial charge in [0.05, 0.1) is 0 Å². The summed E-state index contributed by atoms with van der Waals surface area (Å²) in [5, 5.41) is 0. The standard InChI is InChI=1S/C8H17NOS/c1-4-11-7-5-6-8(10)9(2)3/h4-7H2,1-3H3. The minimum atomic E-state index is 0.238. The van der Waals surface area contributed by atoms with Crippen LogP contribution in [0, 0.1) is 0 Å². The third-order valence-electron chi connectivity index (χ3n) is 1.38. The van der Waals surface area contributed by atoms with Crippen molar-refractivity contribution < 1.29 is 4.79 Å². The summed E-state index contributed by atoms with van der Waals surface area (Å²) in [6.45, 7) is 2.14. The molecule has 0 N–H and O–H groups in total. The summed E-state index contributed by atoms with van der Waals surface area (Å²) in [6, 6.07) is 0. The number of carbonyl (C=O) groups is 1. The van der Waals surface area contributed by atoms with Crippen LogP contribution in [0.4, 0.5) is 0 Å². The van der Waals surface area contributed by atoms with Crippen molar-refractivity contribution >= 4 is 17.7 Å². The normalized spacial score (nSPS) is 9.73. The number of rotatable bonds is 5. The lowest BCUT2D eigenvalue weighted by atomic mass is 10.3. The highest BCUT2D eigenvalue weighted by Crippen LogP contribution is 2.03. The maximum Gasteiger partial charge on any atom is 0.222 e. The SMILES string of the molecule is CCSCCCC(=O)N(C)C. The van der Waals surface area contributed by atoms with Gasteiger partial charge < -0.3 is 4.90 Å². The predicted molar refractivity (Wildman–Crippen MR) is 50.9 cm³/mol. The highest BCUT2D eigenvalue weighted by molar-refractivity contribution is 7.99. The molecule has 1 amide bonds. The Morgan fingerprint density at radius 2 is 2.09 bits per heavy atom. The van der Waals surface area contributed by atoms with Crippen LogP contribution in [-0.4, -0.2) is 36.4 Å². The quantitative estimate of drug-likeness (QED) is 0.592. The van der Waals surface area contributed by atoms with E-state index in [0.717, 1.165) is 17.9 Å². The second kappa shape index (κ2) is 6.53. The van der Waals surface area contributed by atoms with Crippen LogP contribution in [0.5, 0.6) is 0 Å². The predicted octanol–water partition coefficient (Wildman–Crippen LogP) is 1.61. The van der Waals surface area contributed by atoms with Crippen LogP contribution < -0.4 is 0 Å². The van der Waals surface area contributed by atoms with Crippen LogP contribution in [0.3, 0.4) is 0 Å². The lowest BCUT2D eigenvalue weighted by Gasteiger charge is -2.08. The van der Waals surface area contributed by atoms with Gasteiger partial charge in [0.1, 0.15) is 0 Å². The minimum absolute atomic E-state index is 0.238. The Hall–Kier alpha value is -0.180. The van der Waals surface area contributed by atoms with Crippen molar-refractivity contribution in [3.63, 3.8) is 0 Å². The molecule has 0 aromatic heterocycles. The average molecular weight is 175 g/mol. The number of amides is 1. The van der Waals surface area contributed by atoms with Crippen molar-refractivity contribution in [2.45, 2.75) is 19.8 Å². The largest absolute Gasteiger partial charge is 0.349 e. The summed E-state index contributed by atoms with van der Waals surface area (Å²) < 4.78 is 0. The molecular formula is C8H17NOS. The first kappa shape index (κ1) is 10.8. The Kier molecular flexibility index (Phi) is 6.42. The third kappa shape index (κ3) is 6.23. The molecule has 0 heterocycles. The lowest BCUT2D eigenvalue weighted by Crippen LogP contribution is -2.21. The maximum absolute atomic E-state index is 11.0. The third-order valence-corrected chi connectivity index (χ3v) is 2.37. The summed E-state index contributed by atoms with van der Waals surface area (Å²) >= 11 is 1.89. The maximum atomic E-state index is 11.0. The highest BCUT2D eigenvalue weighted by atomic mass is 32.2. The van der Waals surface area contributed by atoms with Crippen molar-refractivity contribution in [3.05, 3.63) is 0 Å². The number of nitrogens with zero attached hydrogens (tertiary/aromatic N) is 1. The van der Waals surface area contributed by atoms with Crippen LogP contribution in [0.1, 0.15) is 19.8 Å². The molecule has 0 rings (SSSR count). The zero-order chi connectivity index (χ0) is 8.69. The molecule has 0 saturated heterocycles. The molecule has 0 aliphatic carbocycles. The van der Waals surface area contributed by atoms with E-state index in [1.165, 1.54) is 0 Å². The van der Waals surface area contributed by atoms with Crippen LogP contribution >= 0.6 is 11.8 Å². The van der Waals surface area contributed by atoms with Gasteiger partial charge in [0.25, 0.3) is 0 Å². The molecule has 0 radical (unpaired) electrons. The Bertz CT molecular complexity index is 115. The molecule has 2 nitrogen and oxygen atoms in total. The van der Waals surface area contributed by atoms with Gasteiger partial charge in [0.15, 0.2) is 0 Å². The van der Waals surface area contributed by atoms with Gasteiger partial charge in [-0.25, -0.2) is 0 Å². The van der Waals surface area contributed by atoms with Gasteiger partial charge in [-0.05, 0) is 17.9 Å². The summed E-state index contributed by atoms with van der Waals surface area (Å²) in [5.74, 6) is 2.49. The van der Waals surface area contributed by atoms with Gasteiger partial charge in [0.2, 0.25) is 5.91 Å². The van der Waals surface area contributed by atoms with Crippen molar-refractivity contribution in [1.82, 2.24) is 4.90 Å². The van der Waals surface area contributed by atoms with E-state index in [-0.39, 0.29) is 5.91 Å². The van der Waals surface area contributed by atoms with E-state index in [2.05, 4.69) is 6.92 Å². The number of thioether (sulfide) groups is 1. The van der Waals surface area contributed by atoms with Crippen LogP contribution in [-0.2, 0) is 4.79 Å². The molecule has 0 saturated carbocycles. The molecule has 0 spiro atoms. The fourth-order valence-corrected chi connectivity index (χ4v) is 1.33. The van der Waals surface area contributed by atoms with E-state index >= 15 is 0 Å². The molecule has 0 bridgehead atoms. The first-order valence-electron chi connectivity index (χ1n) is 3.96. The van der Waals surface area contributed by atoms with Crippen LogP contribution in [0.15, 0.2) is 0 Å². The number of hydrogen-bond acceptors (Lipinski definition) is 2. The van der Waals surface area contributed by atoms with E-state index in [0.29, 0.717) is 6.42 Å². The van der Waals surface area contributed by atoms with E-state index in [1.807, 2.05) is 11.8 Å². The Morgan fingerprint density at radius 1 is 1.45 bits per heavy atom. The zero-order valence-electron chi connectivity index (χ0n) is 7.59. The average Bonchev–Trinajstić information content (AvgIpc) is 1.97. The minimum Gasteiger partial charge on any atom is -0.349 e. The first-order chi connectivity index (χ1) is 5.18. The topological polar surface area (TPSA) is 20.3 Å². The lowest BCUT2D eigenvalue weighted by molar-refractivity contribution is -0.128. The monoisotopic (exact) mass is 175 g/mol. The Labute approximate surface area is 73.3 Å². The number of carbonyl (C=O) groups excluding carboxylic acids is 1. The Balaban J connectivity index is 3.18. The molecule has 0 aromatic rings. The fraction of sp³-hybridized carbons (Fsp3) is 0.875. The van der Waals surface area contributed by atoms with Crippen LogP contribution in [0.2, 0.25) is 0 Å². The molecule has 0 fully saturated rings. The molecule has 11 heavy (non-hydrogen) atoms. The molecule has 0 aromatic carbocycles. The van der Waals surface area contributed by atoms with Crippen LogP contribution in [0.25, 0.3) is 0 Å². The van der Waals surface area contributed by atoms with Crippen molar-refractivity contribution in [1.29, 1.82) is 0 Å². The van der Waals surface area contributed by atoms with Gasteiger partial charge >= 0.3 is 0 Å². The fourth-order valence-electron chi connectivity index (χ4n) is 0.693. The molecule has 0 atom stereocenters. The van der Waals surface area contributed by atoms with E-state index < -0.39 is 0 Å². The molecule has 0 aliphatic rings. The number of hydrogen-bond donors (Lipinski definition) is 0. The van der Waals surface area contributed by atoms with Gasteiger partial charge in [-0.15, -0.1) is 0 Å². The first-order valence-corrected chi connectivity index (χ1v) is 5.11. The summed E-state index contributed by atoms with van der Waals surface area (Å²) in [4.78, 5) is 12.7.